The Labute approximate surface area is 75.2 Å². The van der Waals surface area contributed by atoms with Gasteiger partial charge in [-0.15, -0.1) is 0 Å². The van der Waals surface area contributed by atoms with Gasteiger partial charge in [0.1, 0.15) is 0 Å². The van der Waals surface area contributed by atoms with Crippen LogP contribution in [-0.2, 0) is 0 Å². The monoisotopic (exact) mass is 188 g/mol. The van der Waals surface area contributed by atoms with Crippen LogP contribution in [0.1, 0.15) is 6.42 Å². The molecule has 1 N–H and O–H groups in total. The maximum Gasteiger partial charge on any atom is 0.252 e. The second-order valence-corrected chi connectivity index (χ2v) is 2.44. The van der Waals surface area contributed by atoms with Crippen LogP contribution in [0, 0.1) is 0 Å². The van der Waals surface area contributed by atoms with Crippen molar-refractivity contribution in [3.8, 4) is 5.88 Å². The van der Waals surface area contributed by atoms with Crippen LogP contribution in [-0.4, -0.2) is 28.3 Å². The summed E-state index contributed by atoms with van der Waals surface area (Å²) in [5.41, 5.74) is 0. The zero-order valence-electron chi connectivity index (χ0n) is 6.40. The first-order valence-electron chi connectivity index (χ1n) is 3.54. The van der Waals surface area contributed by atoms with Gasteiger partial charge in [-0.3, -0.25) is 0 Å². The van der Waals surface area contributed by atoms with E-state index in [2.05, 4.69) is 9.97 Å². The average molecular weight is 189 g/mol. The van der Waals surface area contributed by atoms with Crippen molar-refractivity contribution < 1.29 is 9.84 Å². The molecular formula is C7H9ClN2O2. The van der Waals surface area contributed by atoms with Crippen molar-refractivity contribution in [1.82, 2.24) is 9.97 Å². The summed E-state index contributed by atoms with van der Waals surface area (Å²) in [6.45, 7) is 0.493. The van der Waals surface area contributed by atoms with Crippen LogP contribution < -0.4 is 4.74 Å². The molecule has 5 heteroatoms. The molecule has 1 rings (SSSR count). The van der Waals surface area contributed by atoms with Crippen molar-refractivity contribution in [2.75, 3.05) is 13.2 Å². The lowest BCUT2D eigenvalue weighted by Crippen LogP contribution is -2.01. The molecule has 0 saturated heterocycles. The molecule has 0 fully saturated rings. The van der Waals surface area contributed by atoms with Crippen molar-refractivity contribution in [2.45, 2.75) is 6.42 Å². The van der Waals surface area contributed by atoms with Crippen molar-refractivity contribution in [3.63, 3.8) is 0 Å². The van der Waals surface area contributed by atoms with E-state index < -0.39 is 0 Å². The van der Waals surface area contributed by atoms with Crippen LogP contribution in [0.2, 0.25) is 5.15 Å². The molecule has 66 valence electrons. The number of nitrogens with zero attached hydrogens (tertiary/aromatic N) is 2. The van der Waals surface area contributed by atoms with Gasteiger partial charge in [-0.05, 0) is 0 Å². The van der Waals surface area contributed by atoms with Gasteiger partial charge in [0.15, 0.2) is 5.15 Å². The standard InChI is InChI=1S/C7H9ClN2O2/c8-6-7(10-3-2-9-6)12-5-1-4-11/h2-3,11H,1,4-5H2. The maximum absolute atomic E-state index is 8.46. The highest BCUT2D eigenvalue weighted by molar-refractivity contribution is 6.30. The topological polar surface area (TPSA) is 55.2 Å². The van der Waals surface area contributed by atoms with E-state index in [9.17, 15) is 0 Å². The number of hydrogen-bond donors (Lipinski definition) is 1. The first kappa shape index (κ1) is 9.22. The number of hydrogen-bond acceptors (Lipinski definition) is 4. The van der Waals surface area contributed by atoms with Gasteiger partial charge >= 0.3 is 0 Å². The molecule has 0 bridgehead atoms. The Morgan fingerprint density at radius 1 is 1.42 bits per heavy atom. The van der Waals surface area contributed by atoms with Crippen LogP contribution in [0.15, 0.2) is 12.4 Å². The highest BCUT2D eigenvalue weighted by Crippen LogP contribution is 2.16. The average Bonchev–Trinajstić information content (AvgIpc) is 2.09. The summed E-state index contributed by atoms with van der Waals surface area (Å²) in [4.78, 5) is 7.63. The summed E-state index contributed by atoms with van der Waals surface area (Å²) in [6, 6.07) is 0. The van der Waals surface area contributed by atoms with E-state index in [1.165, 1.54) is 12.4 Å². The van der Waals surface area contributed by atoms with E-state index in [-0.39, 0.29) is 11.8 Å². The summed E-state index contributed by atoms with van der Waals surface area (Å²) >= 11 is 5.64. The Balaban J connectivity index is 2.46. The maximum atomic E-state index is 8.46. The number of aromatic nitrogens is 2. The first-order chi connectivity index (χ1) is 5.84. The van der Waals surface area contributed by atoms with Gasteiger partial charge < -0.3 is 9.84 Å². The molecule has 0 radical (unpaired) electrons. The van der Waals surface area contributed by atoms with Crippen molar-refractivity contribution in [1.29, 1.82) is 0 Å². The number of aliphatic hydroxyl groups is 1. The van der Waals surface area contributed by atoms with Crippen LogP contribution in [0.4, 0.5) is 0 Å². The Kier molecular flexibility index (Phi) is 3.76. The molecule has 0 atom stereocenters. The molecule has 0 spiro atoms. The minimum Gasteiger partial charge on any atom is -0.475 e. The second-order valence-electron chi connectivity index (χ2n) is 2.08. The van der Waals surface area contributed by atoms with Gasteiger partial charge in [-0.1, -0.05) is 11.6 Å². The van der Waals surface area contributed by atoms with Crippen LogP contribution >= 0.6 is 11.6 Å². The van der Waals surface area contributed by atoms with Crippen molar-refractivity contribution in [2.24, 2.45) is 0 Å². The highest BCUT2D eigenvalue weighted by atomic mass is 35.5. The third kappa shape index (κ3) is 2.64. The number of rotatable bonds is 4. The lowest BCUT2D eigenvalue weighted by atomic mass is 10.5. The summed E-state index contributed by atoms with van der Waals surface area (Å²) in [5.74, 6) is 0.313. The predicted molar refractivity (Wildman–Crippen MR) is 44.2 cm³/mol. The molecule has 0 aliphatic carbocycles. The zero-order valence-corrected chi connectivity index (χ0v) is 7.16. The Bertz CT molecular complexity index is 245. The van der Waals surface area contributed by atoms with Crippen molar-refractivity contribution in [3.05, 3.63) is 17.5 Å². The van der Waals surface area contributed by atoms with E-state index in [0.717, 1.165) is 0 Å². The van der Waals surface area contributed by atoms with Gasteiger partial charge in [0.05, 0.1) is 6.61 Å². The lowest BCUT2D eigenvalue weighted by molar-refractivity contribution is 0.229. The summed E-state index contributed by atoms with van der Waals surface area (Å²) < 4.78 is 5.11. The fraction of sp³-hybridized carbons (Fsp3) is 0.429. The molecular weight excluding hydrogens is 180 g/mol. The normalized spacial score (nSPS) is 9.83. The van der Waals surface area contributed by atoms with Crippen LogP contribution in [0.25, 0.3) is 0 Å². The SMILES string of the molecule is OCCCOc1nccnc1Cl. The number of ether oxygens (including phenoxy) is 1. The van der Waals surface area contributed by atoms with Gasteiger partial charge in [0.25, 0.3) is 5.88 Å². The number of aliphatic hydroxyl groups excluding tert-OH is 1. The zero-order chi connectivity index (χ0) is 8.81. The van der Waals surface area contributed by atoms with E-state index in [1.807, 2.05) is 0 Å². The molecule has 12 heavy (non-hydrogen) atoms. The number of halogens is 1. The minimum atomic E-state index is 0.0951. The molecule has 1 aromatic rings. The fourth-order valence-corrected chi connectivity index (χ4v) is 0.798. The summed E-state index contributed by atoms with van der Waals surface area (Å²) in [7, 11) is 0. The van der Waals surface area contributed by atoms with Crippen LogP contribution in [0.5, 0.6) is 5.88 Å². The van der Waals surface area contributed by atoms with Gasteiger partial charge in [-0.25, -0.2) is 9.97 Å². The van der Waals surface area contributed by atoms with E-state index in [4.69, 9.17) is 21.4 Å². The molecule has 0 aliphatic heterocycles. The Morgan fingerprint density at radius 3 is 2.83 bits per heavy atom. The Morgan fingerprint density at radius 2 is 2.17 bits per heavy atom. The third-order valence-corrected chi connectivity index (χ3v) is 1.42. The van der Waals surface area contributed by atoms with E-state index in [0.29, 0.717) is 18.9 Å². The second kappa shape index (κ2) is 4.90. The molecule has 1 heterocycles. The van der Waals surface area contributed by atoms with E-state index >= 15 is 0 Å². The molecule has 0 aliphatic rings. The third-order valence-electron chi connectivity index (χ3n) is 1.16. The lowest BCUT2D eigenvalue weighted by Gasteiger charge is -2.03. The Hall–Kier alpha value is -0.870. The first-order valence-corrected chi connectivity index (χ1v) is 3.92. The van der Waals surface area contributed by atoms with Gasteiger partial charge in [0.2, 0.25) is 0 Å². The smallest absolute Gasteiger partial charge is 0.252 e. The summed E-state index contributed by atoms with van der Waals surface area (Å²) in [6.07, 6.45) is 3.55. The fourth-order valence-electron chi connectivity index (χ4n) is 0.639. The quantitative estimate of drug-likeness (QED) is 0.714. The van der Waals surface area contributed by atoms with Gasteiger partial charge in [0, 0.05) is 25.4 Å². The van der Waals surface area contributed by atoms with Crippen molar-refractivity contribution >= 4 is 11.6 Å². The predicted octanol–water partition coefficient (Wildman–Crippen LogP) is 0.891. The summed E-state index contributed by atoms with van der Waals surface area (Å²) in [5, 5.41) is 8.71. The molecule has 0 aromatic carbocycles. The highest BCUT2D eigenvalue weighted by Gasteiger charge is 2.01. The van der Waals surface area contributed by atoms with E-state index in [1.54, 1.807) is 0 Å². The largest absolute Gasteiger partial charge is 0.475 e. The van der Waals surface area contributed by atoms with Crippen LogP contribution in [0.3, 0.4) is 0 Å². The molecule has 0 saturated carbocycles. The van der Waals surface area contributed by atoms with Gasteiger partial charge in [-0.2, -0.15) is 0 Å². The minimum absolute atomic E-state index is 0.0951. The molecule has 0 unspecified atom stereocenters. The molecule has 4 nitrogen and oxygen atoms in total. The molecule has 0 amide bonds. The molecule has 1 aromatic heterocycles.